The van der Waals surface area contributed by atoms with Crippen LogP contribution in [0.15, 0.2) is 88.5 Å². The Morgan fingerprint density at radius 1 is 0.946 bits per heavy atom. The first kappa shape index (κ1) is 56.2. The molecule has 0 spiro atoms. The van der Waals surface area contributed by atoms with Crippen LogP contribution in [0.2, 0.25) is 0 Å². The number of carbonyl (C=O) groups is 1. The summed E-state index contributed by atoms with van der Waals surface area (Å²) >= 11 is 0.476. The Balaban J connectivity index is 0. The zero-order valence-corrected chi connectivity index (χ0v) is 40.6. The molecule has 29 heteroatoms. The molecule has 2 aromatic carbocycles. The van der Waals surface area contributed by atoms with E-state index in [1.54, 1.807) is 13.0 Å². The SMILES string of the molecule is CCn1c(O)c(C#N)c(C)c(N=Nc2ccc(SOO[O-])cc2C(=O)[O-])c1=O.Nc1ccc(N=Nc2cc(S(=O)(=O)[O-])ccc2S(=O)(=O)[O-])c(N)n1.[Na+].[Na+].[Na+].[Na+]. The molecule has 0 radical (unpaired) electrons. The third-order valence-electron chi connectivity index (χ3n) is 6.37. The standard InChI is InChI=1S/C16H14N4O7S.C11H11N5O6S2.4Na/c1-3-20-14(21)11(7-17)8(2)13(15(20)22)19-18-12-5-4-9(28-27-26-25)6-10(12)16(23)24;12-10-4-2-7(11(13)14-10)15-16-8-5-6(23(17,18)19)1-3-9(8)24(20,21)22;;;;/h4-6,21,25H,3H2,1-2H3,(H,23,24);1-5H,(H4,12,13,14)(H,17,18,19)(H,20,21,22);;;;/q;;4*+1/p-4. The fraction of sp³-hybridized carbons (Fsp3) is 0.111. The monoisotopic (exact) mass is 867 g/mol. The van der Waals surface area contributed by atoms with Gasteiger partial charge >= 0.3 is 118 Å². The maximum Gasteiger partial charge on any atom is 1.00 e. The van der Waals surface area contributed by atoms with Crippen molar-refractivity contribution in [3.8, 4) is 11.9 Å². The first-order chi connectivity index (χ1) is 24.3. The Labute approximate surface area is 410 Å². The van der Waals surface area contributed by atoms with Crippen molar-refractivity contribution in [2.24, 2.45) is 20.5 Å². The number of nitrogen functional groups attached to an aromatic ring is 2. The molecule has 0 saturated carbocycles. The number of aromatic hydroxyl groups is 1. The average molecular weight is 868 g/mol. The van der Waals surface area contributed by atoms with Crippen molar-refractivity contribution < 1.29 is 174 Å². The largest absolute Gasteiger partial charge is 1.00 e. The number of pyridine rings is 2. The van der Waals surface area contributed by atoms with Gasteiger partial charge in [-0.25, -0.2) is 21.8 Å². The minimum Gasteiger partial charge on any atom is -0.744 e. The molecule has 0 fully saturated rings. The number of rotatable bonds is 11. The number of hydrogen-bond acceptors (Lipinski definition) is 22. The van der Waals surface area contributed by atoms with Crippen LogP contribution in [0.4, 0.5) is 34.4 Å². The van der Waals surface area contributed by atoms with Gasteiger partial charge in [-0.1, -0.05) is 0 Å². The van der Waals surface area contributed by atoms with Crippen molar-refractivity contribution >= 4 is 72.6 Å². The molecule has 274 valence electrons. The van der Waals surface area contributed by atoms with Crippen molar-refractivity contribution in [2.45, 2.75) is 35.1 Å². The summed E-state index contributed by atoms with van der Waals surface area (Å²) in [5, 5.41) is 58.3. The van der Waals surface area contributed by atoms with E-state index in [0.29, 0.717) is 30.2 Å². The normalized spacial score (nSPS) is 10.9. The minimum absolute atomic E-state index is 0. The summed E-state index contributed by atoms with van der Waals surface area (Å²) in [6.45, 7) is 3.09. The molecule has 4 rings (SSSR count). The van der Waals surface area contributed by atoms with Crippen molar-refractivity contribution in [3.05, 3.63) is 75.6 Å². The van der Waals surface area contributed by atoms with E-state index in [1.807, 2.05) is 0 Å². The third kappa shape index (κ3) is 15.1. The van der Waals surface area contributed by atoms with E-state index in [1.165, 1.54) is 31.2 Å². The number of carboxylic acid groups (broad SMARTS) is 1. The van der Waals surface area contributed by atoms with Crippen LogP contribution in [0, 0.1) is 18.3 Å². The van der Waals surface area contributed by atoms with Gasteiger partial charge in [0.1, 0.15) is 49.1 Å². The number of aromatic carboxylic acids is 1. The van der Waals surface area contributed by atoms with Gasteiger partial charge in [0.05, 0.1) is 33.5 Å². The molecular weight excluding hydrogens is 847 g/mol. The van der Waals surface area contributed by atoms with E-state index in [-0.39, 0.29) is 175 Å². The van der Waals surface area contributed by atoms with Crippen LogP contribution in [0.5, 0.6) is 5.88 Å². The van der Waals surface area contributed by atoms with E-state index in [2.05, 4.69) is 34.8 Å². The smallest absolute Gasteiger partial charge is 0.744 e. The first-order valence-corrected chi connectivity index (χ1v) is 17.2. The van der Waals surface area contributed by atoms with Crippen molar-refractivity contribution in [1.29, 1.82) is 5.26 Å². The molecule has 0 aliphatic heterocycles. The number of carbonyl (C=O) groups excluding carboxylic acids is 1. The Kier molecular flexibility index (Phi) is 25.0. The Hall–Kier alpha value is -1.85. The van der Waals surface area contributed by atoms with Gasteiger partial charge < -0.3 is 40.8 Å². The summed E-state index contributed by atoms with van der Waals surface area (Å²) in [6.07, 6.45) is 0. The van der Waals surface area contributed by atoms with Crippen LogP contribution in [0.1, 0.15) is 28.4 Å². The number of nitrogens with two attached hydrogens (primary N) is 2. The zero-order valence-electron chi connectivity index (χ0n) is 30.2. The molecule has 22 nitrogen and oxygen atoms in total. The quantitative estimate of drug-likeness (QED) is 0.0315. The molecule has 4 aromatic rings. The Morgan fingerprint density at radius 2 is 1.54 bits per heavy atom. The number of benzene rings is 2. The van der Waals surface area contributed by atoms with Gasteiger partial charge in [0.25, 0.3) is 5.56 Å². The van der Waals surface area contributed by atoms with Crippen molar-refractivity contribution in [1.82, 2.24) is 9.55 Å². The van der Waals surface area contributed by atoms with Gasteiger partial charge in [-0.3, -0.25) is 14.4 Å². The molecule has 0 bridgehead atoms. The van der Waals surface area contributed by atoms with Crippen LogP contribution in [-0.2, 0) is 36.2 Å². The molecule has 0 atom stereocenters. The summed E-state index contributed by atoms with van der Waals surface area (Å²) in [6, 6.07) is 10.2. The van der Waals surface area contributed by atoms with E-state index in [9.17, 15) is 56.3 Å². The predicted octanol–water partition coefficient (Wildman–Crippen LogP) is -10.8. The predicted molar refractivity (Wildman–Crippen MR) is 170 cm³/mol. The molecule has 2 aromatic heterocycles. The second-order valence-electron chi connectivity index (χ2n) is 9.60. The first-order valence-electron chi connectivity index (χ1n) is 13.6. The molecule has 2 heterocycles. The molecule has 5 N–H and O–H groups in total. The van der Waals surface area contributed by atoms with E-state index >= 15 is 0 Å². The summed E-state index contributed by atoms with van der Waals surface area (Å²) in [7, 11) is -9.87. The van der Waals surface area contributed by atoms with Crippen LogP contribution >= 0.6 is 12.0 Å². The Morgan fingerprint density at radius 3 is 2.05 bits per heavy atom. The topological polar surface area (TPSA) is 376 Å². The minimum atomic E-state index is -4.98. The van der Waals surface area contributed by atoms with Gasteiger partial charge in [0.15, 0.2) is 11.5 Å². The second-order valence-corrected chi connectivity index (χ2v) is 13.1. The van der Waals surface area contributed by atoms with Gasteiger partial charge in [-0.15, -0.1) is 20.5 Å². The van der Waals surface area contributed by atoms with Crippen molar-refractivity contribution in [2.75, 3.05) is 11.5 Å². The molecule has 0 unspecified atom stereocenters. The molecular formula is C27H21N9Na4O13S3. The van der Waals surface area contributed by atoms with Crippen LogP contribution < -0.4 is 146 Å². The van der Waals surface area contributed by atoms with Crippen LogP contribution in [0.25, 0.3) is 0 Å². The molecule has 0 saturated heterocycles. The summed E-state index contributed by atoms with van der Waals surface area (Å²) < 4.78 is 71.7. The number of aromatic nitrogens is 2. The number of hydrogen-bond donors (Lipinski definition) is 3. The molecule has 0 amide bonds. The fourth-order valence-electron chi connectivity index (χ4n) is 3.94. The third-order valence-corrected chi connectivity index (χ3v) is 8.65. The molecule has 0 aliphatic rings. The number of anilines is 2. The second kappa shape index (κ2) is 24.9. The van der Waals surface area contributed by atoms with Gasteiger partial charge in [0, 0.05) is 22.6 Å². The van der Waals surface area contributed by atoms with Gasteiger partial charge in [-0.2, -0.15) is 9.60 Å². The van der Waals surface area contributed by atoms with E-state index in [0.717, 1.165) is 10.6 Å². The summed E-state index contributed by atoms with van der Waals surface area (Å²) in [4.78, 5) is 26.1. The number of nitrogens with zero attached hydrogens (tertiary/aromatic N) is 7. The number of nitriles is 1. The summed E-state index contributed by atoms with van der Waals surface area (Å²) in [5.74, 6) is -2.08. The maximum absolute atomic E-state index is 12.5. The number of azo groups is 2. The van der Waals surface area contributed by atoms with E-state index < -0.39 is 53.1 Å². The van der Waals surface area contributed by atoms with E-state index in [4.69, 9.17) is 11.5 Å². The van der Waals surface area contributed by atoms with Crippen LogP contribution in [-0.4, -0.2) is 46.6 Å². The zero-order chi connectivity index (χ0) is 39.0. The van der Waals surface area contributed by atoms with Crippen LogP contribution in [0.3, 0.4) is 0 Å². The average Bonchev–Trinajstić information content (AvgIpc) is 3.07. The molecule has 56 heavy (non-hydrogen) atoms. The van der Waals surface area contributed by atoms with Gasteiger partial charge in [0.2, 0.25) is 5.88 Å². The maximum atomic E-state index is 12.5. The fourth-order valence-corrected chi connectivity index (χ4v) is 5.42. The Bertz CT molecular complexity index is 2430. The van der Waals surface area contributed by atoms with Crippen molar-refractivity contribution in [3.63, 3.8) is 0 Å². The summed E-state index contributed by atoms with van der Waals surface area (Å²) in [5.41, 5.74) is 8.83. The molecule has 0 aliphatic carbocycles. The number of carboxylic acids is 1. The van der Waals surface area contributed by atoms with Gasteiger partial charge in [-0.05, 0) is 62.4 Å².